The van der Waals surface area contributed by atoms with Crippen molar-refractivity contribution in [3.8, 4) is 0 Å². The summed E-state index contributed by atoms with van der Waals surface area (Å²) in [4.78, 5) is 27.5. The molecule has 0 aromatic rings. The maximum Gasteiger partial charge on any atom is 0.324 e. The average molecular weight is 296 g/mol. The van der Waals surface area contributed by atoms with Crippen LogP contribution in [0.2, 0.25) is 0 Å². The third kappa shape index (κ3) is 2.70. The monoisotopic (exact) mass is 296 g/mol. The highest BCUT2D eigenvalue weighted by Gasteiger charge is 2.53. The van der Waals surface area contributed by atoms with E-state index in [1.54, 1.807) is 19.1 Å². The van der Waals surface area contributed by atoms with Crippen molar-refractivity contribution in [2.24, 2.45) is 5.41 Å². The maximum absolute atomic E-state index is 12.0. The van der Waals surface area contributed by atoms with Crippen LogP contribution in [0, 0.1) is 5.41 Å². The Kier molecular flexibility index (Phi) is 4.13. The lowest BCUT2D eigenvalue weighted by Crippen LogP contribution is -2.58. The molecule has 1 aliphatic carbocycles. The second kappa shape index (κ2) is 5.42. The summed E-state index contributed by atoms with van der Waals surface area (Å²) in [6.07, 6.45) is 4.74. The number of aliphatic carboxylic acids is 2. The lowest BCUT2D eigenvalue weighted by molar-refractivity contribution is -0.158. The molecule has 118 valence electrons. The fraction of sp³-hybridized carbons (Fsp3) is 0.733. The standard InChI is InChI=1S/C15H24N2O4/c1-14(12(18)19)6-4-7-15(10-14,13(20)21)17-8-5-11(9-17)16(2)3/h4,6,11H,5,7-10H2,1-3H3,(H,18,19)(H,20,21)/t11?,14-,15?/m1/s1. The van der Waals surface area contributed by atoms with Crippen molar-refractivity contribution >= 4 is 11.9 Å². The summed E-state index contributed by atoms with van der Waals surface area (Å²) in [5.74, 6) is -1.88. The van der Waals surface area contributed by atoms with Gasteiger partial charge in [-0.2, -0.15) is 0 Å². The molecule has 0 bridgehead atoms. The highest BCUT2D eigenvalue weighted by Crippen LogP contribution is 2.42. The molecular weight excluding hydrogens is 272 g/mol. The topological polar surface area (TPSA) is 81.1 Å². The van der Waals surface area contributed by atoms with Gasteiger partial charge in [0.15, 0.2) is 0 Å². The van der Waals surface area contributed by atoms with Crippen molar-refractivity contribution in [3.05, 3.63) is 12.2 Å². The van der Waals surface area contributed by atoms with Crippen LogP contribution in [0.3, 0.4) is 0 Å². The Morgan fingerprint density at radius 2 is 1.95 bits per heavy atom. The molecule has 6 heteroatoms. The van der Waals surface area contributed by atoms with Gasteiger partial charge >= 0.3 is 11.9 Å². The van der Waals surface area contributed by atoms with Crippen LogP contribution >= 0.6 is 0 Å². The van der Waals surface area contributed by atoms with Crippen molar-refractivity contribution in [2.75, 3.05) is 27.2 Å². The van der Waals surface area contributed by atoms with Gasteiger partial charge in [0.25, 0.3) is 0 Å². The highest BCUT2D eigenvalue weighted by atomic mass is 16.4. The first kappa shape index (κ1) is 16.0. The summed E-state index contributed by atoms with van der Waals surface area (Å²) in [6, 6.07) is 0.322. The number of carboxylic acids is 2. The van der Waals surface area contributed by atoms with Crippen LogP contribution in [0.25, 0.3) is 0 Å². The molecule has 0 saturated carbocycles. The zero-order chi connectivity index (χ0) is 15.8. The van der Waals surface area contributed by atoms with Crippen molar-refractivity contribution in [1.82, 2.24) is 9.80 Å². The number of hydrogen-bond acceptors (Lipinski definition) is 4. The molecule has 0 amide bonds. The molecule has 3 atom stereocenters. The molecule has 2 aliphatic rings. The number of carboxylic acid groups (broad SMARTS) is 2. The van der Waals surface area contributed by atoms with Gasteiger partial charge in [0, 0.05) is 19.1 Å². The van der Waals surface area contributed by atoms with E-state index in [1.165, 1.54) is 0 Å². The van der Waals surface area contributed by atoms with Crippen molar-refractivity contribution < 1.29 is 19.8 Å². The van der Waals surface area contributed by atoms with E-state index in [-0.39, 0.29) is 6.42 Å². The van der Waals surface area contributed by atoms with E-state index in [0.29, 0.717) is 25.6 Å². The Hall–Kier alpha value is -1.40. The molecule has 2 rings (SSSR count). The maximum atomic E-state index is 12.0. The first-order valence-corrected chi connectivity index (χ1v) is 7.27. The van der Waals surface area contributed by atoms with Gasteiger partial charge in [0.1, 0.15) is 5.54 Å². The number of nitrogens with zero attached hydrogens (tertiary/aromatic N) is 2. The zero-order valence-corrected chi connectivity index (χ0v) is 12.9. The van der Waals surface area contributed by atoms with Crippen LogP contribution in [0.4, 0.5) is 0 Å². The predicted molar refractivity (Wildman–Crippen MR) is 78.1 cm³/mol. The summed E-state index contributed by atoms with van der Waals surface area (Å²) in [5.41, 5.74) is -2.22. The Morgan fingerprint density at radius 1 is 1.29 bits per heavy atom. The van der Waals surface area contributed by atoms with Crippen LogP contribution in [0.15, 0.2) is 12.2 Å². The third-order valence-corrected chi connectivity index (χ3v) is 4.99. The number of rotatable bonds is 4. The van der Waals surface area contributed by atoms with Gasteiger partial charge in [0.05, 0.1) is 5.41 Å². The second-order valence-corrected chi connectivity index (χ2v) is 6.69. The minimum Gasteiger partial charge on any atom is -0.481 e. The first-order valence-electron chi connectivity index (χ1n) is 7.27. The molecular formula is C15H24N2O4. The van der Waals surface area contributed by atoms with Crippen LogP contribution in [-0.4, -0.2) is 70.7 Å². The minimum atomic E-state index is -1.12. The van der Waals surface area contributed by atoms with Gasteiger partial charge in [-0.3, -0.25) is 14.5 Å². The van der Waals surface area contributed by atoms with Crippen molar-refractivity contribution in [2.45, 2.75) is 37.8 Å². The predicted octanol–water partition coefficient (Wildman–Crippen LogP) is 0.887. The smallest absolute Gasteiger partial charge is 0.324 e. The van der Waals surface area contributed by atoms with Gasteiger partial charge < -0.3 is 15.1 Å². The number of likely N-dealkylation sites (tertiary alicyclic amines) is 1. The summed E-state index contributed by atoms with van der Waals surface area (Å²) >= 11 is 0. The number of likely N-dealkylation sites (N-methyl/N-ethyl adjacent to an activating group) is 1. The van der Waals surface area contributed by atoms with E-state index in [1.807, 2.05) is 19.0 Å². The lowest BCUT2D eigenvalue weighted by Gasteiger charge is -2.44. The van der Waals surface area contributed by atoms with Gasteiger partial charge in [-0.25, -0.2) is 0 Å². The molecule has 0 spiro atoms. The van der Waals surface area contributed by atoms with Crippen LogP contribution in [0.5, 0.6) is 0 Å². The van der Waals surface area contributed by atoms with Gasteiger partial charge in [-0.05, 0) is 40.3 Å². The molecule has 0 aromatic carbocycles. The Labute approximate surface area is 125 Å². The fourth-order valence-corrected chi connectivity index (χ4v) is 3.49. The van der Waals surface area contributed by atoms with Crippen LogP contribution in [-0.2, 0) is 9.59 Å². The molecule has 2 unspecified atom stereocenters. The molecule has 1 heterocycles. The molecule has 21 heavy (non-hydrogen) atoms. The molecule has 0 radical (unpaired) electrons. The average Bonchev–Trinajstić information content (AvgIpc) is 2.88. The zero-order valence-electron chi connectivity index (χ0n) is 12.9. The van der Waals surface area contributed by atoms with Crippen LogP contribution < -0.4 is 0 Å². The van der Waals surface area contributed by atoms with Crippen LogP contribution in [0.1, 0.15) is 26.2 Å². The van der Waals surface area contributed by atoms with Crippen molar-refractivity contribution in [3.63, 3.8) is 0 Å². The van der Waals surface area contributed by atoms with E-state index >= 15 is 0 Å². The summed E-state index contributed by atoms with van der Waals surface area (Å²) in [7, 11) is 3.98. The van der Waals surface area contributed by atoms with E-state index < -0.39 is 22.9 Å². The number of carbonyl (C=O) groups is 2. The van der Waals surface area contributed by atoms with E-state index in [9.17, 15) is 19.8 Å². The quantitative estimate of drug-likeness (QED) is 0.750. The molecule has 0 aromatic heterocycles. The normalized spacial score (nSPS) is 37.0. The second-order valence-electron chi connectivity index (χ2n) is 6.69. The summed E-state index contributed by atoms with van der Waals surface area (Å²) in [5, 5.41) is 19.2. The third-order valence-electron chi connectivity index (χ3n) is 4.99. The Morgan fingerprint density at radius 3 is 2.43 bits per heavy atom. The highest BCUT2D eigenvalue weighted by molar-refractivity contribution is 5.84. The fourth-order valence-electron chi connectivity index (χ4n) is 3.49. The van der Waals surface area contributed by atoms with Gasteiger partial charge in [-0.1, -0.05) is 12.2 Å². The Balaban J connectivity index is 2.29. The number of hydrogen-bond donors (Lipinski definition) is 2. The van der Waals surface area contributed by atoms with E-state index in [0.717, 1.165) is 6.42 Å². The van der Waals surface area contributed by atoms with E-state index in [4.69, 9.17) is 0 Å². The molecule has 1 aliphatic heterocycles. The Bertz CT molecular complexity index is 476. The minimum absolute atomic E-state index is 0.112. The summed E-state index contributed by atoms with van der Waals surface area (Å²) in [6.45, 7) is 2.96. The molecule has 6 nitrogen and oxygen atoms in total. The SMILES string of the molecule is CN(C)C1CCN(C2(C(=O)O)CC=C[C@@](C)(C(=O)O)C2)C1. The molecule has 1 fully saturated rings. The lowest BCUT2D eigenvalue weighted by atomic mass is 9.70. The summed E-state index contributed by atoms with van der Waals surface area (Å²) < 4.78 is 0. The van der Waals surface area contributed by atoms with Gasteiger partial charge in [-0.15, -0.1) is 0 Å². The molecule has 1 saturated heterocycles. The van der Waals surface area contributed by atoms with Gasteiger partial charge in [0.2, 0.25) is 0 Å². The first-order chi connectivity index (χ1) is 9.71. The van der Waals surface area contributed by atoms with Crippen molar-refractivity contribution in [1.29, 1.82) is 0 Å². The largest absolute Gasteiger partial charge is 0.481 e. The van der Waals surface area contributed by atoms with E-state index in [2.05, 4.69) is 4.90 Å². The molecule has 2 N–H and O–H groups in total.